The molecule has 210 valence electrons. The van der Waals surface area contributed by atoms with Gasteiger partial charge in [-0.05, 0) is 116 Å². The summed E-state index contributed by atoms with van der Waals surface area (Å²) in [4.78, 5) is 19.5. The van der Waals surface area contributed by atoms with Crippen molar-refractivity contribution in [2.24, 2.45) is 5.92 Å². The van der Waals surface area contributed by atoms with Gasteiger partial charge < -0.3 is 18.9 Å². The molecule has 1 aromatic heterocycles. The van der Waals surface area contributed by atoms with Gasteiger partial charge in [0.15, 0.2) is 12.0 Å². The van der Waals surface area contributed by atoms with E-state index in [1.807, 2.05) is 71.9 Å². The maximum atomic E-state index is 12.7. The molecule has 1 aliphatic heterocycles. The first-order valence-corrected chi connectivity index (χ1v) is 14.1. The molecule has 1 saturated heterocycles. The minimum atomic E-state index is -0.577. The van der Waals surface area contributed by atoms with E-state index in [1.54, 1.807) is 6.20 Å². The van der Waals surface area contributed by atoms with E-state index in [0.29, 0.717) is 25.5 Å². The molecular formula is C31H46N2O5. The average molecular weight is 527 g/mol. The average Bonchev–Trinajstić information content (AvgIpc) is 2.87. The van der Waals surface area contributed by atoms with Gasteiger partial charge in [0.1, 0.15) is 11.4 Å². The van der Waals surface area contributed by atoms with E-state index in [1.165, 1.54) is 19.3 Å². The van der Waals surface area contributed by atoms with Crippen LogP contribution in [0.5, 0.6) is 5.75 Å². The summed E-state index contributed by atoms with van der Waals surface area (Å²) in [5, 5.41) is 0. The number of esters is 1. The third-order valence-corrected chi connectivity index (χ3v) is 6.73. The molecule has 0 unspecified atom stereocenters. The van der Waals surface area contributed by atoms with E-state index in [-0.39, 0.29) is 6.29 Å². The van der Waals surface area contributed by atoms with Crippen LogP contribution in [0.2, 0.25) is 0 Å². The molecule has 2 aromatic rings. The summed E-state index contributed by atoms with van der Waals surface area (Å²) in [5.74, 6) is 1.18. The Morgan fingerprint density at radius 2 is 1.79 bits per heavy atom. The minimum Gasteiger partial charge on any atom is -0.494 e. The Bertz CT molecular complexity index is 1010. The fourth-order valence-corrected chi connectivity index (χ4v) is 4.90. The molecule has 1 aliphatic rings. The fourth-order valence-electron chi connectivity index (χ4n) is 4.90. The molecule has 0 N–H and O–H groups in total. The zero-order valence-electron chi connectivity index (χ0n) is 24.1. The number of piperidine rings is 1. The molecule has 7 heteroatoms. The van der Waals surface area contributed by atoms with Crippen molar-refractivity contribution in [3.63, 3.8) is 0 Å². The summed E-state index contributed by atoms with van der Waals surface area (Å²) < 4.78 is 23.1. The number of rotatable bonds is 13. The Kier molecular flexibility index (Phi) is 11.6. The first-order valence-electron chi connectivity index (χ1n) is 14.1. The van der Waals surface area contributed by atoms with Crippen molar-refractivity contribution in [3.05, 3.63) is 47.8 Å². The number of carbonyl (C=O) groups is 1. The standard InChI is InChI=1S/C31H46N2O5/c1-7-35-28(36-8-2)22-33-18-15-24(16-19-33)11-10-20-37-25-13-14-26(23(3)21-25)27-12-9-17-32-29(27)30(34)38-31(4,5)6/h9,12-14,17,21,24,28H,7-8,10-11,15-16,18-20,22H2,1-6H3. The Labute approximate surface area is 228 Å². The highest BCUT2D eigenvalue weighted by Crippen LogP contribution is 2.30. The highest BCUT2D eigenvalue weighted by molar-refractivity contribution is 5.95. The van der Waals surface area contributed by atoms with E-state index in [4.69, 9.17) is 18.9 Å². The number of carbonyl (C=O) groups excluding carboxylic acids is 1. The smallest absolute Gasteiger partial charge is 0.358 e. The van der Waals surface area contributed by atoms with Gasteiger partial charge in [0.2, 0.25) is 0 Å². The molecule has 0 aliphatic carbocycles. The van der Waals surface area contributed by atoms with Gasteiger partial charge in [-0.3, -0.25) is 4.90 Å². The van der Waals surface area contributed by atoms with Crippen molar-refractivity contribution in [3.8, 4) is 16.9 Å². The number of nitrogens with zero attached hydrogens (tertiary/aromatic N) is 2. The number of pyridine rings is 1. The fraction of sp³-hybridized carbons (Fsp3) is 0.613. The maximum Gasteiger partial charge on any atom is 0.358 e. The van der Waals surface area contributed by atoms with Crippen LogP contribution in [-0.4, -0.2) is 67.2 Å². The van der Waals surface area contributed by atoms with Crippen LogP contribution in [0.3, 0.4) is 0 Å². The van der Waals surface area contributed by atoms with Crippen LogP contribution >= 0.6 is 0 Å². The zero-order valence-corrected chi connectivity index (χ0v) is 24.1. The van der Waals surface area contributed by atoms with Crippen LogP contribution in [0, 0.1) is 12.8 Å². The van der Waals surface area contributed by atoms with Crippen LogP contribution in [0.4, 0.5) is 0 Å². The summed E-state index contributed by atoms with van der Waals surface area (Å²) >= 11 is 0. The van der Waals surface area contributed by atoms with Gasteiger partial charge in [0.25, 0.3) is 0 Å². The lowest BCUT2D eigenvalue weighted by Gasteiger charge is -2.34. The summed E-state index contributed by atoms with van der Waals surface area (Å²) in [7, 11) is 0. The second-order valence-corrected chi connectivity index (χ2v) is 11.0. The lowest BCUT2D eigenvalue weighted by atomic mass is 9.92. The van der Waals surface area contributed by atoms with Crippen LogP contribution < -0.4 is 4.74 Å². The van der Waals surface area contributed by atoms with E-state index < -0.39 is 11.6 Å². The monoisotopic (exact) mass is 526 g/mol. The number of hydrogen-bond acceptors (Lipinski definition) is 7. The molecule has 0 amide bonds. The number of aryl methyl sites for hydroxylation is 1. The van der Waals surface area contributed by atoms with E-state index in [2.05, 4.69) is 9.88 Å². The second-order valence-electron chi connectivity index (χ2n) is 11.0. The van der Waals surface area contributed by atoms with Gasteiger partial charge in [-0.2, -0.15) is 0 Å². The second kappa shape index (κ2) is 14.6. The summed E-state index contributed by atoms with van der Waals surface area (Å²) in [6.45, 7) is 16.7. The van der Waals surface area contributed by atoms with Gasteiger partial charge in [0.05, 0.1) is 6.61 Å². The van der Waals surface area contributed by atoms with Crippen molar-refractivity contribution in [2.45, 2.75) is 79.1 Å². The predicted molar refractivity (Wildman–Crippen MR) is 151 cm³/mol. The van der Waals surface area contributed by atoms with Crippen LogP contribution in [0.1, 0.15) is 76.4 Å². The maximum absolute atomic E-state index is 12.7. The van der Waals surface area contributed by atoms with Crippen molar-refractivity contribution >= 4 is 5.97 Å². The number of ether oxygens (including phenoxy) is 4. The zero-order chi connectivity index (χ0) is 27.5. The summed E-state index contributed by atoms with van der Waals surface area (Å²) in [6.07, 6.45) is 6.15. The first kappa shape index (κ1) is 30.1. The molecule has 1 fully saturated rings. The van der Waals surface area contributed by atoms with E-state index in [9.17, 15) is 4.79 Å². The van der Waals surface area contributed by atoms with E-state index in [0.717, 1.165) is 54.4 Å². The Balaban J connectivity index is 1.46. The molecule has 0 atom stereocenters. The van der Waals surface area contributed by atoms with Crippen molar-refractivity contribution in [2.75, 3.05) is 39.5 Å². The summed E-state index contributed by atoms with van der Waals surface area (Å²) in [6, 6.07) is 9.76. The SMILES string of the molecule is CCOC(CN1CCC(CCCOc2ccc(-c3cccnc3C(=O)OC(C)(C)C)c(C)c2)CC1)OCC. The van der Waals surface area contributed by atoms with Gasteiger partial charge in [0, 0.05) is 31.5 Å². The number of benzene rings is 1. The van der Waals surface area contributed by atoms with E-state index >= 15 is 0 Å². The van der Waals surface area contributed by atoms with Gasteiger partial charge >= 0.3 is 5.97 Å². The summed E-state index contributed by atoms with van der Waals surface area (Å²) in [5.41, 5.74) is 2.51. The van der Waals surface area contributed by atoms with Crippen molar-refractivity contribution in [1.29, 1.82) is 0 Å². The predicted octanol–water partition coefficient (Wildman–Crippen LogP) is 6.28. The number of likely N-dealkylation sites (tertiary alicyclic amines) is 1. The molecule has 0 spiro atoms. The van der Waals surface area contributed by atoms with Gasteiger partial charge in [-0.25, -0.2) is 9.78 Å². The van der Waals surface area contributed by atoms with Crippen LogP contribution in [0.25, 0.3) is 11.1 Å². The normalized spacial score (nSPS) is 15.1. The highest BCUT2D eigenvalue weighted by atomic mass is 16.7. The largest absolute Gasteiger partial charge is 0.494 e. The first-order chi connectivity index (χ1) is 18.2. The molecule has 38 heavy (non-hydrogen) atoms. The Morgan fingerprint density at radius 1 is 1.08 bits per heavy atom. The molecule has 1 aromatic carbocycles. The number of hydrogen-bond donors (Lipinski definition) is 0. The topological polar surface area (TPSA) is 70.1 Å². The molecule has 7 nitrogen and oxygen atoms in total. The van der Waals surface area contributed by atoms with Crippen LogP contribution in [-0.2, 0) is 14.2 Å². The minimum absolute atomic E-state index is 0.119. The third kappa shape index (κ3) is 9.37. The molecule has 2 heterocycles. The highest BCUT2D eigenvalue weighted by Gasteiger charge is 2.23. The van der Waals surface area contributed by atoms with Crippen LogP contribution in [0.15, 0.2) is 36.5 Å². The van der Waals surface area contributed by atoms with Crippen molar-refractivity contribution in [1.82, 2.24) is 9.88 Å². The Morgan fingerprint density at radius 3 is 2.42 bits per heavy atom. The van der Waals surface area contributed by atoms with Crippen molar-refractivity contribution < 1.29 is 23.7 Å². The quantitative estimate of drug-likeness (QED) is 0.173. The van der Waals surface area contributed by atoms with Gasteiger partial charge in [-0.1, -0.05) is 12.1 Å². The molecule has 3 rings (SSSR count). The molecule has 0 saturated carbocycles. The molecule has 0 radical (unpaired) electrons. The lowest BCUT2D eigenvalue weighted by molar-refractivity contribution is -0.149. The lowest BCUT2D eigenvalue weighted by Crippen LogP contribution is -2.40. The molecular weight excluding hydrogens is 480 g/mol. The number of aromatic nitrogens is 1. The third-order valence-electron chi connectivity index (χ3n) is 6.73. The Hall–Kier alpha value is -2.48. The molecule has 0 bridgehead atoms. The van der Waals surface area contributed by atoms with Gasteiger partial charge in [-0.15, -0.1) is 0 Å².